The Morgan fingerprint density at radius 3 is 2.84 bits per heavy atom. The quantitative estimate of drug-likeness (QED) is 0.522. The Morgan fingerprint density at radius 1 is 1.26 bits per heavy atom. The first kappa shape index (κ1) is 20.1. The third-order valence-corrected chi connectivity index (χ3v) is 6.43. The summed E-state index contributed by atoms with van der Waals surface area (Å²) in [5.74, 6) is 1.08. The van der Waals surface area contributed by atoms with E-state index in [0.717, 1.165) is 43.7 Å². The van der Waals surface area contributed by atoms with Crippen LogP contribution in [-0.2, 0) is 16.1 Å². The van der Waals surface area contributed by atoms with Crippen LogP contribution in [0.3, 0.4) is 0 Å². The van der Waals surface area contributed by atoms with Gasteiger partial charge in [0.1, 0.15) is 5.82 Å². The van der Waals surface area contributed by atoms with Crippen molar-refractivity contribution < 1.29 is 9.53 Å². The predicted molar refractivity (Wildman–Crippen MR) is 117 cm³/mol. The summed E-state index contributed by atoms with van der Waals surface area (Å²) in [7, 11) is 0. The van der Waals surface area contributed by atoms with E-state index in [1.807, 2.05) is 36.4 Å². The molecule has 5 rings (SSSR count). The van der Waals surface area contributed by atoms with Crippen LogP contribution in [0.1, 0.15) is 37.3 Å². The number of benzene rings is 1. The number of hydrogen-bond acceptors (Lipinski definition) is 6. The molecule has 0 radical (unpaired) electrons. The maximum atomic E-state index is 12.7. The summed E-state index contributed by atoms with van der Waals surface area (Å²) < 4.78 is 8.95. The van der Waals surface area contributed by atoms with Crippen molar-refractivity contribution in [2.24, 2.45) is 0 Å². The molecule has 1 saturated carbocycles. The van der Waals surface area contributed by atoms with Crippen LogP contribution in [0.15, 0.2) is 46.3 Å². The van der Waals surface area contributed by atoms with Crippen molar-refractivity contribution >= 4 is 23.5 Å². The SMILES string of the molecule is O=C(CSc1n[nH]c(=O)n1CC1CCCO1)Nc1cc(C2CC2)nn1-c1ccccc1. The number of nitrogens with one attached hydrogen (secondary N) is 2. The van der Waals surface area contributed by atoms with Gasteiger partial charge in [-0.2, -0.15) is 5.10 Å². The second-order valence-electron chi connectivity index (χ2n) is 7.87. The largest absolute Gasteiger partial charge is 0.376 e. The number of aromatic amines is 1. The van der Waals surface area contributed by atoms with Gasteiger partial charge in [0.25, 0.3) is 0 Å². The number of thioether (sulfide) groups is 1. The number of anilines is 1. The molecule has 2 aromatic heterocycles. The van der Waals surface area contributed by atoms with Crippen molar-refractivity contribution in [2.75, 3.05) is 17.7 Å². The molecule has 162 valence electrons. The first-order valence-corrected chi connectivity index (χ1v) is 11.5. The summed E-state index contributed by atoms with van der Waals surface area (Å²) in [6, 6.07) is 11.7. The van der Waals surface area contributed by atoms with E-state index in [-0.39, 0.29) is 23.5 Å². The number of amides is 1. The van der Waals surface area contributed by atoms with Gasteiger partial charge in [-0.05, 0) is 37.8 Å². The summed E-state index contributed by atoms with van der Waals surface area (Å²) in [6.45, 7) is 1.17. The smallest absolute Gasteiger partial charge is 0.344 e. The molecule has 1 aliphatic carbocycles. The standard InChI is InChI=1S/C21H24N6O3S/c28-19(13-31-21-24-23-20(29)26(21)12-16-7-4-10-30-16)22-18-11-17(14-8-9-14)25-27(18)15-5-2-1-3-6-15/h1-3,5-6,11,14,16H,4,7-10,12-13H2,(H,22,28)(H,23,29). The van der Waals surface area contributed by atoms with Crippen LogP contribution in [0, 0.1) is 0 Å². The highest BCUT2D eigenvalue weighted by atomic mass is 32.2. The maximum absolute atomic E-state index is 12.7. The number of carbonyl (C=O) groups is 1. The number of rotatable bonds is 8. The Bertz CT molecular complexity index is 1110. The first-order valence-electron chi connectivity index (χ1n) is 10.5. The third kappa shape index (κ3) is 4.59. The van der Waals surface area contributed by atoms with E-state index in [1.165, 1.54) is 11.8 Å². The van der Waals surface area contributed by atoms with Crippen molar-refractivity contribution in [3.8, 4) is 5.69 Å². The average Bonchev–Trinajstić information content (AvgIpc) is 3.17. The second-order valence-corrected chi connectivity index (χ2v) is 8.81. The molecule has 2 N–H and O–H groups in total. The fraction of sp³-hybridized carbons (Fsp3) is 0.429. The molecule has 1 aliphatic heterocycles. The van der Waals surface area contributed by atoms with Gasteiger partial charge < -0.3 is 10.1 Å². The van der Waals surface area contributed by atoms with Gasteiger partial charge in [-0.1, -0.05) is 30.0 Å². The van der Waals surface area contributed by atoms with Crippen LogP contribution in [0.4, 0.5) is 5.82 Å². The Labute approximate surface area is 183 Å². The highest BCUT2D eigenvalue weighted by Crippen LogP contribution is 2.40. The molecule has 2 fully saturated rings. The zero-order valence-corrected chi connectivity index (χ0v) is 17.8. The summed E-state index contributed by atoms with van der Waals surface area (Å²) in [5.41, 5.74) is 1.62. The van der Waals surface area contributed by atoms with Crippen LogP contribution in [0.2, 0.25) is 0 Å². The molecule has 1 saturated heterocycles. The number of H-pyrrole nitrogens is 1. The lowest BCUT2D eigenvalue weighted by Crippen LogP contribution is -2.25. The highest BCUT2D eigenvalue weighted by Gasteiger charge is 2.28. The highest BCUT2D eigenvalue weighted by molar-refractivity contribution is 7.99. The molecule has 3 heterocycles. The first-order chi connectivity index (χ1) is 15.2. The molecule has 1 atom stereocenters. The third-order valence-electron chi connectivity index (χ3n) is 5.46. The van der Waals surface area contributed by atoms with E-state index in [0.29, 0.717) is 23.4 Å². The lowest BCUT2D eigenvalue weighted by atomic mass is 10.2. The summed E-state index contributed by atoms with van der Waals surface area (Å²) in [5, 5.41) is 14.7. The number of carbonyl (C=O) groups excluding carboxylic acids is 1. The lowest BCUT2D eigenvalue weighted by molar-refractivity contribution is -0.113. The number of nitrogens with zero attached hydrogens (tertiary/aromatic N) is 4. The van der Waals surface area contributed by atoms with Gasteiger partial charge in [0.05, 0.1) is 29.8 Å². The molecule has 3 aromatic rings. The number of hydrogen-bond donors (Lipinski definition) is 2. The van der Waals surface area contributed by atoms with E-state index >= 15 is 0 Å². The summed E-state index contributed by atoms with van der Waals surface area (Å²) >= 11 is 1.23. The molecular formula is C21H24N6O3S. The van der Waals surface area contributed by atoms with Crippen molar-refractivity contribution in [3.63, 3.8) is 0 Å². The molecule has 0 bridgehead atoms. The fourth-order valence-electron chi connectivity index (χ4n) is 3.71. The van der Waals surface area contributed by atoms with E-state index in [1.54, 1.807) is 9.25 Å². The molecule has 0 spiro atoms. The number of para-hydroxylation sites is 1. The van der Waals surface area contributed by atoms with Crippen molar-refractivity contribution in [3.05, 3.63) is 52.6 Å². The Balaban J connectivity index is 1.27. The zero-order chi connectivity index (χ0) is 21.2. The zero-order valence-electron chi connectivity index (χ0n) is 17.0. The lowest BCUT2D eigenvalue weighted by Gasteiger charge is -2.11. The van der Waals surface area contributed by atoms with Crippen LogP contribution < -0.4 is 11.0 Å². The Kier molecular flexibility index (Phi) is 5.65. The summed E-state index contributed by atoms with van der Waals surface area (Å²) in [6.07, 6.45) is 4.21. The molecular weight excluding hydrogens is 416 g/mol. The summed E-state index contributed by atoms with van der Waals surface area (Å²) in [4.78, 5) is 24.8. The fourth-order valence-corrected chi connectivity index (χ4v) is 4.46. The van der Waals surface area contributed by atoms with Gasteiger partial charge in [-0.3, -0.25) is 9.36 Å². The van der Waals surface area contributed by atoms with Gasteiger partial charge in [0.2, 0.25) is 5.91 Å². The van der Waals surface area contributed by atoms with Crippen LogP contribution >= 0.6 is 11.8 Å². The molecule has 10 heteroatoms. The molecule has 1 aromatic carbocycles. The van der Waals surface area contributed by atoms with Gasteiger partial charge >= 0.3 is 5.69 Å². The molecule has 9 nitrogen and oxygen atoms in total. The maximum Gasteiger partial charge on any atom is 0.344 e. The van der Waals surface area contributed by atoms with Crippen LogP contribution in [0.25, 0.3) is 5.69 Å². The van der Waals surface area contributed by atoms with Crippen molar-refractivity contribution in [1.82, 2.24) is 24.5 Å². The van der Waals surface area contributed by atoms with Gasteiger partial charge in [0.15, 0.2) is 5.16 Å². The van der Waals surface area contributed by atoms with Crippen molar-refractivity contribution in [2.45, 2.75) is 49.4 Å². The Morgan fingerprint density at radius 2 is 2.10 bits per heavy atom. The Hall–Kier alpha value is -2.85. The van der Waals surface area contributed by atoms with Crippen LogP contribution in [-0.4, -0.2) is 48.9 Å². The minimum atomic E-state index is -0.283. The number of aromatic nitrogens is 5. The molecule has 1 unspecified atom stereocenters. The minimum Gasteiger partial charge on any atom is -0.376 e. The van der Waals surface area contributed by atoms with Gasteiger partial charge in [0, 0.05) is 18.6 Å². The van der Waals surface area contributed by atoms with E-state index in [2.05, 4.69) is 15.5 Å². The van der Waals surface area contributed by atoms with Gasteiger partial charge in [-0.25, -0.2) is 14.6 Å². The van der Waals surface area contributed by atoms with E-state index < -0.39 is 0 Å². The topological polar surface area (TPSA) is 107 Å². The van der Waals surface area contributed by atoms with E-state index in [4.69, 9.17) is 9.84 Å². The average molecular weight is 441 g/mol. The monoisotopic (exact) mass is 440 g/mol. The number of ether oxygens (including phenoxy) is 1. The molecule has 1 amide bonds. The van der Waals surface area contributed by atoms with Crippen LogP contribution in [0.5, 0.6) is 0 Å². The molecule has 2 aliphatic rings. The van der Waals surface area contributed by atoms with Crippen molar-refractivity contribution in [1.29, 1.82) is 0 Å². The second kappa shape index (κ2) is 8.72. The predicted octanol–water partition coefficient (Wildman–Crippen LogP) is 2.54. The molecule has 31 heavy (non-hydrogen) atoms. The normalized spacial score (nSPS) is 18.4. The van der Waals surface area contributed by atoms with E-state index in [9.17, 15) is 9.59 Å². The minimum absolute atomic E-state index is 0.0181. The van der Waals surface area contributed by atoms with Gasteiger partial charge in [-0.15, -0.1) is 5.10 Å².